The lowest BCUT2D eigenvalue weighted by Gasteiger charge is -2.32. The number of hydrogen-bond donors (Lipinski definition) is 1. The minimum absolute atomic E-state index is 0.799. The summed E-state index contributed by atoms with van der Waals surface area (Å²) in [6.45, 7) is 5.80. The number of rotatable bonds is 3. The van der Waals surface area contributed by atoms with E-state index in [1.807, 2.05) is 0 Å². The van der Waals surface area contributed by atoms with E-state index in [1.165, 1.54) is 38.0 Å². The molecule has 0 radical (unpaired) electrons. The molecule has 0 aromatic carbocycles. The summed E-state index contributed by atoms with van der Waals surface area (Å²) < 4.78 is 2.51. The van der Waals surface area contributed by atoms with E-state index in [0.717, 1.165) is 25.7 Å². The van der Waals surface area contributed by atoms with Crippen LogP contribution < -0.4 is 5.32 Å². The third-order valence-electron chi connectivity index (χ3n) is 3.93. The molecule has 0 bridgehead atoms. The van der Waals surface area contributed by atoms with Gasteiger partial charge in [-0.15, -0.1) is 0 Å². The Labute approximate surface area is 97.4 Å². The minimum Gasteiger partial charge on any atom is -0.347 e. The van der Waals surface area contributed by atoms with Crippen LogP contribution in [0.15, 0.2) is 18.3 Å². The normalized spacial score (nSPS) is 23.2. The van der Waals surface area contributed by atoms with Crippen molar-refractivity contribution in [2.24, 2.45) is 0 Å². The molecule has 2 aliphatic rings. The van der Waals surface area contributed by atoms with Gasteiger partial charge in [0.15, 0.2) is 0 Å². The zero-order valence-electron chi connectivity index (χ0n) is 9.86. The molecule has 1 aromatic rings. The van der Waals surface area contributed by atoms with Gasteiger partial charge in [0.05, 0.1) is 0 Å². The average Bonchev–Trinajstić information content (AvgIpc) is 2.66. The van der Waals surface area contributed by atoms with Crippen molar-refractivity contribution in [2.75, 3.05) is 26.2 Å². The number of aromatic nitrogens is 1. The summed E-state index contributed by atoms with van der Waals surface area (Å²) >= 11 is 0. The van der Waals surface area contributed by atoms with Crippen LogP contribution >= 0.6 is 0 Å². The lowest BCUT2D eigenvalue weighted by molar-refractivity contribution is 0.219. The molecule has 1 aliphatic heterocycles. The third-order valence-corrected chi connectivity index (χ3v) is 3.93. The molecule has 3 nitrogen and oxygen atoms in total. The van der Waals surface area contributed by atoms with Crippen molar-refractivity contribution in [1.29, 1.82) is 0 Å². The molecule has 1 N–H and O–H groups in total. The molecule has 2 heterocycles. The molecule has 0 amide bonds. The average molecular weight is 219 g/mol. The van der Waals surface area contributed by atoms with Crippen molar-refractivity contribution in [3.8, 4) is 0 Å². The standard InChI is InChI=1S/C13H21N3/c1-3-12(4-1)16-8-2-5-13(16)11-15-9-6-14-7-10-15/h2,5,8,12,14H,1,3-4,6-7,9-11H2. The van der Waals surface area contributed by atoms with Gasteiger partial charge in [0.25, 0.3) is 0 Å². The predicted molar refractivity (Wildman–Crippen MR) is 65.5 cm³/mol. The molecular formula is C13H21N3. The molecule has 3 rings (SSSR count). The first kappa shape index (κ1) is 10.4. The maximum Gasteiger partial charge on any atom is 0.0388 e. The highest BCUT2D eigenvalue weighted by atomic mass is 15.2. The molecule has 0 unspecified atom stereocenters. The molecule has 0 spiro atoms. The molecule has 2 fully saturated rings. The molecule has 1 aromatic heterocycles. The van der Waals surface area contributed by atoms with E-state index in [1.54, 1.807) is 0 Å². The van der Waals surface area contributed by atoms with Crippen LogP contribution in [0, 0.1) is 0 Å². The van der Waals surface area contributed by atoms with Gasteiger partial charge in [-0.1, -0.05) is 0 Å². The van der Waals surface area contributed by atoms with Crippen molar-refractivity contribution < 1.29 is 0 Å². The first-order valence-electron chi connectivity index (χ1n) is 6.52. The number of nitrogens with zero attached hydrogens (tertiary/aromatic N) is 2. The highest BCUT2D eigenvalue weighted by Crippen LogP contribution is 2.32. The monoisotopic (exact) mass is 219 g/mol. The summed E-state index contributed by atoms with van der Waals surface area (Å²) in [5.41, 5.74) is 1.51. The second kappa shape index (κ2) is 4.60. The number of piperazine rings is 1. The Hall–Kier alpha value is -0.800. The van der Waals surface area contributed by atoms with Crippen molar-refractivity contribution in [3.05, 3.63) is 24.0 Å². The molecule has 1 saturated carbocycles. The lowest BCUT2D eigenvalue weighted by Crippen LogP contribution is -2.43. The van der Waals surface area contributed by atoms with Gasteiger partial charge in [-0.05, 0) is 31.4 Å². The van der Waals surface area contributed by atoms with Crippen LogP contribution in [-0.4, -0.2) is 35.6 Å². The van der Waals surface area contributed by atoms with E-state index < -0.39 is 0 Å². The van der Waals surface area contributed by atoms with Crippen molar-refractivity contribution >= 4 is 0 Å². The topological polar surface area (TPSA) is 20.2 Å². The fraction of sp³-hybridized carbons (Fsp3) is 0.692. The Balaban J connectivity index is 1.66. The van der Waals surface area contributed by atoms with Gasteiger partial charge in [0.2, 0.25) is 0 Å². The summed E-state index contributed by atoms with van der Waals surface area (Å²) in [4.78, 5) is 2.56. The Morgan fingerprint density at radius 3 is 2.75 bits per heavy atom. The van der Waals surface area contributed by atoms with Gasteiger partial charge in [-0.3, -0.25) is 4.90 Å². The van der Waals surface area contributed by atoms with Crippen LogP contribution in [-0.2, 0) is 6.54 Å². The first-order chi connectivity index (χ1) is 7.93. The van der Waals surface area contributed by atoms with Crippen LogP contribution in [0.1, 0.15) is 31.0 Å². The van der Waals surface area contributed by atoms with Gasteiger partial charge in [0.1, 0.15) is 0 Å². The molecule has 3 heteroatoms. The van der Waals surface area contributed by atoms with Gasteiger partial charge >= 0.3 is 0 Å². The van der Waals surface area contributed by atoms with E-state index in [9.17, 15) is 0 Å². The van der Waals surface area contributed by atoms with Crippen LogP contribution in [0.25, 0.3) is 0 Å². The van der Waals surface area contributed by atoms with Gasteiger partial charge < -0.3 is 9.88 Å². The van der Waals surface area contributed by atoms with E-state index in [-0.39, 0.29) is 0 Å². The molecular weight excluding hydrogens is 198 g/mol. The molecule has 1 saturated heterocycles. The maximum absolute atomic E-state index is 3.41. The minimum atomic E-state index is 0.799. The second-order valence-electron chi connectivity index (χ2n) is 5.02. The fourth-order valence-electron chi connectivity index (χ4n) is 2.68. The van der Waals surface area contributed by atoms with Crippen molar-refractivity contribution in [1.82, 2.24) is 14.8 Å². The highest BCUT2D eigenvalue weighted by molar-refractivity contribution is 5.09. The summed E-state index contributed by atoms with van der Waals surface area (Å²) in [6, 6.07) is 5.30. The van der Waals surface area contributed by atoms with E-state index in [4.69, 9.17) is 0 Å². The Morgan fingerprint density at radius 1 is 1.25 bits per heavy atom. The Bertz CT molecular complexity index is 335. The van der Waals surface area contributed by atoms with E-state index in [0.29, 0.717) is 0 Å². The molecule has 16 heavy (non-hydrogen) atoms. The van der Waals surface area contributed by atoms with Crippen molar-refractivity contribution in [3.63, 3.8) is 0 Å². The Morgan fingerprint density at radius 2 is 2.06 bits per heavy atom. The zero-order chi connectivity index (χ0) is 10.8. The predicted octanol–water partition coefficient (Wildman–Crippen LogP) is 1.62. The van der Waals surface area contributed by atoms with Crippen LogP contribution in [0.2, 0.25) is 0 Å². The largest absolute Gasteiger partial charge is 0.347 e. The van der Waals surface area contributed by atoms with Crippen molar-refractivity contribution in [2.45, 2.75) is 31.8 Å². The van der Waals surface area contributed by atoms with Gasteiger partial charge in [-0.2, -0.15) is 0 Å². The Kier molecular flexibility index (Phi) is 2.98. The number of hydrogen-bond acceptors (Lipinski definition) is 2. The SMILES string of the molecule is c1cc(CN2CCNCC2)n(C2CCC2)c1. The first-order valence-corrected chi connectivity index (χ1v) is 6.52. The van der Waals surface area contributed by atoms with Crippen LogP contribution in [0.5, 0.6) is 0 Å². The summed E-state index contributed by atoms with van der Waals surface area (Å²) in [5.74, 6) is 0. The third kappa shape index (κ3) is 2.02. The van der Waals surface area contributed by atoms with Gasteiger partial charge in [0, 0.05) is 50.7 Å². The summed E-state index contributed by atoms with van der Waals surface area (Å²) in [5, 5.41) is 3.41. The van der Waals surface area contributed by atoms with Crippen LogP contribution in [0.4, 0.5) is 0 Å². The fourth-order valence-corrected chi connectivity index (χ4v) is 2.68. The van der Waals surface area contributed by atoms with E-state index in [2.05, 4.69) is 33.1 Å². The lowest BCUT2D eigenvalue weighted by atomic mass is 9.93. The van der Waals surface area contributed by atoms with Crippen LogP contribution in [0.3, 0.4) is 0 Å². The summed E-state index contributed by atoms with van der Waals surface area (Å²) in [6.07, 6.45) is 6.43. The number of nitrogens with one attached hydrogen (secondary N) is 1. The summed E-state index contributed by atoms with van der Waals surface area (Å²) in [7, 11) is 0. The highest BCUT2D eigenvalue weighted by Gasteiger charge is 2.21. The maximum atomic E-state index is 3.41. The molecule has 0 atom stereocenters. The smallest absolute Gasteiger partial charge is 0.0388 e. The molecule has 88 valence electrons. The second-order valence-corrected chi connectivity index (χ2v) is 5.02. The quantitative estimate of drug-likeness (QED) is 0.833. The van der Waals surface area contributed by atoms with Gasteiger partial charge in [-0.25, -0.2) is 0 Å². The van der Waals surface area contributed by atoms with E-state index >= 15 is 0 Å². The molecule has 1 aliphatic carbocycles. The zero-order valence-corrected chi connectivity index (χ0v) is 9.86.